The quantitative estimate of drug-likeness (QED) is 0.559. The summed E-state index contributed by atoms with van der Waals surface area (Å²) < 4.78 is 5.59. The lowest BCUT2D eigenvalue weighted by atomic mass is 9.84. The van der Waals surface area contributed by atoms with Gasteiger partial charge in [0.25, 0.3) is 0 Å². The molecule has 198 valence electrons. The van der Waals surface area contributed by atoms with Gasteiger partial charge < -0.3 is 20.3 Å². The van der Waals surface area contributed by atoms with E-state index in [9.17, 15) is 9.59 Å². The Morgan fingerprint density at radius 1 is 1.14 bits per heavy atom. The number of likely N-dealkylation sites (tertiary alicyclic amines) is 1. The molecule has 3 rings (SSSR count). The summed E-state index contributed by atoms with van der Waals surface area (Å²) in [6.45, 7) is 16.7. The van der Waals surface area contributed by atoms with Crippen LogP contribution in [0.1, 0.15) is 72.2 Å². The van der Waals surface area contributed by atoms with Crippen LogP contribution in [-0.4, -0.2) is 59.1 Å². The molecular weight excluding hydrogens is 472 g/mol. The number of methoxy groups -OCH3 is 1. The first kappa shape index (κ1) is 28.3. The van der Waals surface area contributed by atoms with Crippen LogP contribution in [0.2, 0.25) is 0 Å². The van der Waals surface area contributed by atoms with E-state index < -0.39 is 12.1 Å². The third-order valence-corrected chi connectivity index (χ3v) is 7.63. The maximum atomic E-state index is 13.8. The molecule has 1 fully saturated rings. The monoisotopic (exact) mass is 514 g/mol. The lowest BCUT2D eigenvalue weighted by molar-refractivity contribution is -0.143. The van der Waals surface area contributed by atoms with Crippen LogP contribution in [0, 0.1) is 12.3 Å². The molecule has 7 nitrogen and oxygen atoms in total. The molecule has 1 saturated heterocycles. The van der Waals surface area contributed by atoms with E-state index in [1.165, 1.54) is 0 Å². The molecule has 0 spiro atoms. The van der Waals surface area contributed by atoms with Gasteiger partial charge in [0.05, 0.1) is 34.3 Å². The van der Waals surface area contributed by atoms with Crippen molar-refractivity contribution in [3.05, 3.63) is 41.0 Å². The van der Waals surface area contributed by atoms with E-state index in [1.807, 2.05) is 73.0 Å². The summed E-state index contributed by atoms with van der Waals surface area (Å²) in [4.78, 5) is 34.5. The summed E-state index contributed by atoms with van der Waals surface area (Å²) in [5.74, 6) is -0.213. The molecule has 2 amide bonds. The van der Waals surface area contributed by atoms with Crippen LogP contribution in [0.25, 0.3) is 10.4 Å². The molecule has 0 unspecified atom stereocenters. The van der Waals surface area contributed by atoms with Gasteiger partial charge in [0, 0.05) is 25.6 Å². The van der Waals surface area contributed by atoms with E-state index in [1.54, 1.807) is 23.3 Å². The average molecular weight is 515 g/mol. The molecule has 0 aliphatic carbocycles. The molecule has 0 bridgehead atoms. The molecule has 2 aromatic rings. The number of carbonyl (C=O) groups is 2. The normalized spacial score (nSPS) is 20.3. The Hall–Kier alpha value is -2.29. The highest BCUT2D eigenvalue weighted by Crippen LogP contribution is 2.30. The van der Waals surface area contributed by atoms with Crippen LogP contribution in [0.4, 0.5) is 0 Å². The smallest absolute Gasteiger partial charge is 0.243 e. The van der Waals surface area contributed by atoms with Crippen LogP contribution in [0.15, 0.2) is 29.8 Å². The van der Waals surface area contributed by atoms with Crippen molar-refractivity contribution in [1.82, 2.24) is 20.5 Å². The Morgan fingerprint density at radius 3 is 2.28 bits per heavy atom. The fourth-order valence-corrected chi connectivity index (χ4v) is 5.41. The zero-order chi connectivity index (χ0) is 26.8. The molecule has 1 aromatic carbocycles. The SMILES string of the molecule is CO[C@H]1C[C@H](C(=O)N[C@H](C)c2ccc(-c3scnc3C)cc2)N(C(=O)[C@H](NC(C)(C)C)C(C)(C)C)C1. The number of aryl methyl sites for hydroxylation is 1. The van der Waals surface area contributed by atoms with Gasteiger partial charge in [-0.05, 0) is 51.2 Å². The van der Waals surface area contributed by atoms with Crippen LogP contribution < -0.4 is 10.6 Å². The molecule has 8 heteroatoms. The summed E-state index contributed by atoms with van der Waals surface area (Å²) in [7, 11) is 1.64. The lowest BCUT2D eigenvalue weighted by Gasteiger charge is -2.39. The van der Waals surface area contributed by atoms with Crippen molar-refractivity contribution in [2.45, 2.75) is 91.6 Å². The minimum atomic E-state index is -0.573. The second kappa shape index (κ2) is 11.0. The van der Waals surface area contributed by atoms with E-state index >= 15 is 0 Å². The molecule has 4 atom stereocenters. The second-order valence-corrected chi connectivity index (χ2v) is 12.8. The van der Waals surface area contributed by atoms with E-state index in [4.69, 9.17) is 4.74 Å². The van der Waals surface area contributed by atoms with Gasteiger partial charge in [-0.3, -0.25) is 9.59 Å². The minimum Gasteiger partial charge on any atom is -0.380 e. The van der Waals surface area contributed by atoms with Gasteiger partial charge in [-0.25, -0.2) is 4.98 Å². The molecule has 2 N–H and O–H groups in total. The number of hydrogen-bond donors (Lipinski definition) is 2. The molecule has 1 aliphatic rings. The molecule has 36 heavy (non-hydrogen) atoms. The number of nitrogens with zero attached hydrogens (tertiary/aromatic N) is 2. The predicted molar refractivity (Wildman–Crippen MR) is 146 cm³/mol. The second-order valence-electron chi connectivity index (χ2n) is 11.9. The predicted octanol–water partition coefficient (Wildman–Crippen LogP) is 4.71. The molecule has 0 radical (unpaired) electrons. The Labute approximate surface area is 220 Å². The Balaban J connectivity index is 1.76. The van der Waals surface area contributed by atoms with Gasteiger partial charge in [0.1, 0.15) is 6.04 Å². The van der Waals surface area contributed by atoms with Gasteiger partial charge in [-0.1, -0.05) is 45.0 Å². The van der Waals surface area contributed by atoms with Gasteiger partial charge in [0.15, 0.2) is 0 Å². The van der Waals surface area contributed by atoms with Gasteiger partial charge in [0.2, 0.25) is 11.8 Å². The number of nitrogens with one attached hydrogen (secondary N) is 2. The fraction of sp³-hybridized carbons (Fsp3) is 0.607. The van der Waals surface area contributed by atoms with E-state index in [0.29, 0.717) is 13.0 Å². The van der Waals surface area contributed by atoms with Crippen molar-refractivity contribution >= 4 is 23.2 Å². The Kier molecular flexibility index (Phi) is 8.63. The molecular formula is C28H42N4O3S. The highest BCUT2D eigenvalue weighted by molar-refractivity contribution is 7.13. The molecule has 2 heterocycles. The standard InChI is InChI=1S/C28H42N4O3S/c1-17(19-10-12-20(13-11-19)23-18(2)29-16-36-23)30-25(33)22-14-21(35-9)15-32(22)26(34)24(27(3,4)5)31-28(6,7)8/h10-13,16-17,21-22,24,31H,14-15H2,1-9H3,(H,30,33)/t17-,21+,22-,24+/m1/s1. The number of hydrogen-bond acceptors (Lipinski definition) is 6. The Bertz CT molecular complexity index is 1050. The van der Waals surface area contributed by atoms with Crippen LogP contribution >= 0.6 is 11.3 Å². The summed E-state index contributed by atoms with van der Waals surface area (Å²) >= 11 is 1.62. The van der Waals surface area contributed by atoms with E-state index in [-0.39, 0.29) is 34.9 Å². The van der Waals surface area contributed by atoms with Gasteiger partial charge >= 0.3 is 0 Å². The number of amides is 2. The van der Waals surface area contributed by atoms with E-state index in [0.717, 1.165) is 21.7 Å². The molecule has 0 saturated carbocycles. The van der Waals surface area contributed by atoms with Crippen molar-refractivity contribution < 1.29 is 14.3 Å². The summed E-state index contributed by atoms with van der Waals surface area (Å²) in [5.41, 5.74) is 4.43. The summed E-state index contributed by atoms with van der Waals surface area (Å²) in [5, 5.41) is 6.63. The Morgan fingerprint density at radius 2 is 1.78 bits per heavy atom. The van der Waals surface area contributed by atoms with Crippen molar-refractivity contribution in [2.24, 2.45) is 5.41 Å². The van der Waals surface area contributed by atoms with Gasteiger partial charge in [-0.2, -0.15) is 0 Å². The van der Waals surface area contributed by atoms with Crippen molar-refractivity contribution in [3.63, 3.8) is 0 Å². The number of carbonyl (C=O) groups excluding carboxylic acids is 2. The highest BCUT2D eigenvalue weighted by Gasteiger charge is 2.45. The molecule has 1 aliphatic heterocycles. The van der Waals surface area contributed by atoms with Crippen LogP contribution in [0.3, 0.4) is 0 Å². The first-order chi connectivity index (χ1) is 16.7. The van der Waals surface area contributed by atoms with Crippen molar-refractivity contribution in [3.8, 4) is 10.4 Å². The van der Waals surface area contributed by atoms with Crippen molar-refractivity contribution in [1.29, 1.82) is 0 Å². The highest BCUT2D eigenvalue weighted by atomic mass is 32.1. The first-order valence-electron chi connectivity index (χ1n) is 12.6. The number of benzene rings is 1. The van der Waals surface area contributed by atoms with Gasteiger partial charge in [-0.15, -0.1) is 11.3 Å². The fourth-order valence-electron chi connectivity index (χ4n) is 4.60. The van der Waals surface area contributed by atoms with E-state index in [2.05, 4.69) is 27.8 Å². The lowest BCUT2D eigenvalue weighted by Crippen LogP contribution is -2.60. The maximum absolute atomic E-state index is 13.8. The topological polar surface area (TPSA) is 83.6 Å². The van der Waals surface area contributed by atoms with Crippen LogP contribution in [-0.2, 0) is 14.3 Å². The maximum Gasteiger partial charge on any atom is 0.243 e. The third-order valence-electron chi connectivity index (χ3n) is 6.65. The number of ether oxygens (including phenoxy) is 1. The number of thiazole rings is 1. The van der Waals surface area contributed by atoms with Crippen molar-refractivity contribution in [2.75, 3.05) is 13.7 Å². The first-order valence-corrected chi connectivity index (χ1v) is 13.5. The van der Waals surface area contributed by atoms with Crippen LogP contribution in [0.5, 0.6) is 0 Å². The zero-order valence-electron chi connectivity index (χ0n) is 23.1. The largest absolute Gasteiger partial charge is 0.380 e. The summed E-state index contributed by atoms with van der Waals surface area (Å²) in [6.07, 6.45) is 0.314. The minimum absolute atomic E-state index is 0.0611. The third kappa shape index (κ3) is 6.72. The summed E-state index contributed by atoms with van der Waals surface area (Å²) in [6, 6.07) is 7.02. The zero-order valence-corrected chi connectivity index (χ0v) is 24.0. The average Bonchev–Trinajstić information content (AvgIpc) is 3.42. The number of aromatic nitrogens is 1. The number of rotatable bonds is 7. The molecule has 1 aromatic heterocycles.